The fourth-order valence-electron chi connectivity index (χ4n) is 2.32. The molecule has 0 unspecified atom stereocenters. The van der Waals surface area contributed by atoms with Crippen LogP contribution in [0.25, 0.3) is 6.08 Å². The molecule has 0 saturated heterocycles. The van der Waals surface area contributed by atoms with Gasteiger partial charge in [0.1, 0.15) is 11.5 Å². The number of benzene rings is 2. The highest BCUT2D eigenvalue weighted by Crippen LogP contribution is 2.32. The Bertz CT molecular complexity index is 710. The Hall–Kier alpha value is -2.83. The molecular formula is C20H22O6. The minimum atomic E-state index is -1.07. The molecule has 2 aromatic carbocycles. The molecule has 0 bridgehead atoms. The third-order valence-corrected chi connectivity index (χ3v) is 3.51. The van der Waals surface area contributed by atoms with Crippen LogP contribution in [0.1, 0.15) is 21.5 Å². The van der Waals surface area contributed by atoms with Crippen molar-refractivity contribution >= 4 is 12.0 Å². The third-order valence-electron chi connectivity index (χ3n) is 3.51. The van der Waals surface area contributed by atoms with Crippen LogP contribution < -0.4 is 9.47 Å². The first-order valence-electron chi connectivity index (χ1n) is 8.01. The van der Waals surface area contributed by atoms with Gasteiger partial charge >= 0.3 is 5.97 Å². The molecule has 6 nitrogen and oxygen atoms in total. The van der Waals surface area contributed by atoms with Gasteiger partial charge in [-0.15, -0.1) is 0 Å². The lowest BCUT2D eigenvalue weighted by Gasteiger charge is -2.16. The summed E-state index contributed by atoms with van der Waals surface area (Å²) in [5, 5.41) is 9.31. The van der Waals surface area contributed by atoms with Gasteiger partial charge in [0.15, 0.2) is 13.6 Å². The van der Waals surface area contributed by atoms with Gasteiger partial charge in [0.25, 0.3) is 0 Å². The minimum absolute atomic E-state index is 0.00217. The van der Waals surface area contributed by atoms with E-state index in [4.69, 9.17) is 18.9 Å². The summed E-state index contributed by atoms with van der Waals surface area (Å²) >= 11 is 0. The normalized spacial score (nSPS) is 10.8. The number of hydrogen-bond donors (Lipinski definition) is 1. The number of hydrogen-bond acceptors (Lipinski definition) is 5. The summed E-state index contributed by atoms with van der Waals surface area (Å²) in [6, 6.07) is 12.8. The molecule has 0 atom stereocenters. The summed E-state index contributed by atoms with van der Waals surface area (Å²) in [5.41, 5.74) is 1.85. The molecule has 0 fully saturated rings. The molecular weight excluding hydrogens is 336 g/mol. The second kappa shape index (κ2) is 10.2. The van der Waals surface area contributed by atoms with Crippen molar-refractivity contribution in [3.63, 3.8) is 0 Å². The van der Waals surface area contributed by atoms with E-state index in [2.05, 4.69) is 0 Å². The van der Waals surface area contributed by atoms with Crippen molar-refractivity contribution in [2.75, 3.05) is 27.8 Å². The quantitative estimate of drug-likeness (QED) is 0.654. The van der Waals surface area contributed by atoms with E-state index in [1.54, 1.807) is 0 Å². The molecule has 0 aromatic heterocycles. The Kier molecular flexibility index (Phi) is 7.67. The van der Waals surface area contributed by atoms with Crippen molar-refractivity contribution in [3.05, 3.63) is 65.2 Å². The van der Waals surface area contributed by atoms with Gasteiger partial charge in [0, 0.05) is 19.8 Å². The predicted octanol–water partition coefficient (Wildman–Crippen LogP) is 3.61. The lowest BCUT2D eigenvalue weighted by Crippen LogP contribution is -2.08. The van der Waals surface area contributed by atoms with Gasteiger partial charge in [0.05, 0.1) is 5.56 Å². The summed E-state index contributed by atoms with van der Waals surface area (Å²) in [5.74, 6) is -0.271. The number of carbonyl (C=O) groups is 1. The van der Waals surface area contributed by atoms with Crippen molar-refractivity contribution in [3.8, 4) is 11.5 Å². The smallest absolute Gasteiger partial charge is 0.335 e. The molecule has 0 spiro atoms. The fourth-order valence-corrected chi connectivity index (χ4v) is 2.32. The van der Waals surface area contributed by atoms with E-state index in [0.29, 0.717) is 17.9 Å². The topological polar surface area (TPSA) is 74.2 Å². The maximum absolute atomic E-state index is 11.4. The third kappa shape index (κ3) is 5.61. The largest absolute Gasteiger partial charge is 0.478 e. The Labute approximate surface area is 152 Å². The zero-order valence-corrected chi connectivity index (χ0v) is 14.8. The van der Waals surface area contributed by atoms with Crippen LogP contribution in [0.4, 0.5) is 0 Å². The second-order valence-corrected chi connectivity index (χ2v) is 5.38. The molecule has 1 N–H and O–H groups in total. The van der Waals surface area contributed by atoms with Crippen LogP contribution in [0.3, 0.4) is 0 Å². The van der Waals surface area contributed by atoms with Crippen LogP contribution in [0.15, 0.2) is 48.5 Å². The Balaban J connectivity index is 2.34. The van der Waals surface area contributed by atoms with E-state index in [1.165, 1.54) is 26.4 Å². The van der Waals surface area contributed by atoms with Crippen molar-refractivity contribution in [2.24, 2.45) is 0 Å². The van der Waals surface area contributed by atoms with Gasteiger partial charge in [-0.1, -0.05) is 42.5 Å². The Morgan fingerprint density at radius 1 is 1.00 bits per heavy atom. The van der Waals surface area contributed by atoms with Crippen LogP contribution in [0, 0.1) is 0 Å². The predicted molar refractivity (Wildman–Crippen MR) is 97.6 cm³/mol. The van der Waals surface area contributed by atoms with Gasteiger partial charge in [0.2, 0.25) is 0 Å². The molecule has 6 heteroatoms. The molecule has 0 amide bonds. The van der Waals surface area contributed by atoms with Gasteiger partial charge in [-0.25, -0.2) is 4.79 Å². The van der Waals surface area contributed by atoms with E-state index in [9.17, 15) is 9.90 Å². The van der Waals surface area contributed by atoms with Crippen molar-refractivity contribution in [1.29, 1.82) is 0 Å². The highest BCUT2D eigenvalue weighted by molar-refractivity contribution is 5.89. The highest BCUT2D eigenvalue weighted by atomic mass is 16.7. The molecule has 138 valence electrons. The van der Waals surface area contributed by atoms with Crippen LogP contribution >= 0.6 is 0 Å². The van der Waals surface area contributed by atoms with Gasteiger partial charge < -0.3 is 24.1 Å². The average molecular weight is 358 g/mol. The van der Waals surface area contributed by atoms with E-state index in [0.717, 1.165) is 11.1 Å². The number of allylic oxidation sites excluding steroid dienone is 1. The number of ether oxygens (including phenoxy) is 4. The molecule has 2 rings (SSSR count). The van der Waals surface area contributed by atoms with Gasteiger partial charge in [-0.05, 0) is 24.1 Å². The summed E-state index contributed by atoms with van der Waals surface area (Å²) in [6.07, 6.45) is 4.43. The summed E-state index contributed by atoms with van der Waals surface area (Å²) in [6.45, 7) is 0.00434. The molecule has 26 heavy (non-hydrogen) atoms. The maximum atomic E-state index is 11.4. The molecule has 0 aliphatic carbocycles. The molecule has 0 radical (unpaired) electrons. The van der Waals surface area contributed by atoms with Gasteiger partial charge in [-0.2, -0.15) is 0 Å². The second-order valence-electron chi connectivity index (χ2n) is 5.38. The summed E-state index contributed by atoms with van der Waals surface area (Å²) in [4.78, 5) is 11.4. The zero-order valence-electron chi connectivity index (χ0n) is 14.8. The number of carboxylic acids is 1. The number of methoxy groups -OCH3 is 2. The lowest BCUT2D eigenvalue weighted by atomic mass is 10.0. The highest BCUT2D eigenvalue weighted by Gasteiger charge is 2.16. The monoisotopic (exact) mass is 358 g/mol. The number of carboxylic acid groups (broad SMARTS) is 1. The molecule has 0 saturated carbocycles. The van der Waals surface area contributed by atoms with E-state index in [1.807, 2.05) is 42.5 Å². The minimum Gasteiger partial charge on any atom is -0.478 e. The number of aromatic carboxylic acids is 1. The van der Waals surface area contributed by atoms with Crippen molar-refractivity contribution in [1.82, 2.24) is 0 Å². The maximum Gasteiger partial charge on any atom is 0.335 e. The lowest BCUT2D eigenvalue weighted by molar-refractivity contribution is 0.0443. The number of rotatable bonds is 10. The van der Waals surface area contributed by atoms with Crippen molar-refractivity contribution in [2.45, 2.75) is 6.42 Å². The van der Waals surface area contributed by atoms with Crippen LogP contribution in [-0.4, -0.2) is 38.9 Å². The zero-order chi connectivity index (χ0) is 18.8. The standard InChI is InChI=1S/C20H22O6/c1-23-13-25-18-11-16(20(21)22)12-19(26-14-24-2)17(18)10-6-9-15-7-4-3-5-8-15/h3-9,11-12H,10,13-14H2,1-2H3,(H,21,22). The molecule has 0 aliphatic rings. The van der Waals surface area contributed by atoms with Crippen LogP contribution in [0.5, 0.6) is 11.5 Å². The van der Waals surface area contributed by atoms with Crippen LogP contribution in [-0.2, 0) is 15.9 Å². The first-order chi connectivity index (χ1) is 12.7. The van der Waals surface area contributed by atoms with Crippen molar-refractivity contribution < 1.29 is 28.8 Å². The van der Waals surface area contributed by atoms with Gasteiger partial charge in [-0.3, -0.25) is 0 Å². The fraction of sp³-hybridized carbons (Fsp3) is 0.250. The SMILES string of the molecule is COCOc1cc(C(=O)O)cc(OCOC)c1CC=Cc1ccccc1. The molecule has 0 heterocycles. The Morgan fingerprint density at radius 3 is 2.08 bits per heavy atom. The Morgan fingerprint density at radius 2 is 1.58 bits per heavy atom. The van der Waals surface area contributed by atoms with E-state index in [-0.39, 0.29) is 19.1 Å². The summed E-state index contributed by atoms with van der Waals surface area (Å²) in [7, 11) is 3.00. The first-order valence-corrected chi connectivity index (χ1v) is 8.01. The van der Waals surface area contributed by atoms with Crippen LogP contribution in [0.2, 0.25) is 0 Å². The van der Waals surface area contributed by atoms with E-state index >= 15 is 0 Å². The first kappa shape index (κ1) is 19.5. The molecule has 2 aromatic rings. The average Bonchev–Trinajstić information content (AvgIpc) is 2.66. The molecule has 0 aliphatic heterocycles. The summed E-state index contributed by atoms with van der Waals surface area (Å²) < 4.78 is 21.0. The van der Waals surface area contributed by atoms with E-state index < -0.39 is 5.97 Å².